The first-order valence-electron chi connectivity index (χ1n) is 14.8. The van der Waals surface area contributed by atoms with Gasteiger partial charge in [0.25, 0.3) is 11.8 Å². The topological polar surface area (TPSA) is 212 Å². The monoisotopic (exact) mass is 614 g/mol. The number of benzene rings is 2. The summed E-state index contributed by atoms with van der Waals surface area (Å²) >= 11 is 0. The predicted molar refractivity (Wildman–Crippen MR) is 169 cm³/mol. The zero-order chi connectivity index (χ0) is 32.9. The Balaban J connectivity index is 0.000000355. The highest BCUT2D eigenvalue weighted by Gasteiger charge is 2.23. The van der Waals surface area contributed by atoms with E-state index in [1.165, 1.54) is 12.2 Å². The average Bonchev–Trinajstić information content (AvgIpc) is 3.38. The lowest BCUT2D eigenvalue weighted by molar-refractivity contribution is -0.137. The SMILES string of the molecule is [N-]=[N+]=NCc1ccc(C(=O)CCCCCC(=O)CCN2C(=O)C=CC2=O)cc1.[N-]=[N+]=NCc1ccc(C(=O)CCCCN)cc1. The lowest BCUT2D eigenvalue weighted by atomic mass is 10.0. The number of nitrogens with zero attached hydrogens (tertiary/aromatic N) is 7. The molecule has 13 heteroatoms. The molecule has 3 rings (SSSR count). The summed E-state index contributed by atoms with van der Waals surface area (Å²) in [4.78, 5) is 65.0. The van der Waals surface area contributed by atoms with Crippen LogP contribution in [0.15, 0.2) is 70.9 Å². The third-order valence-corrected chi connectivity index (χ3v) is 6.92. The molecule has 0 fully saturated rings. The highest BCUT2D eigenvalue weighted by atomic mass is 16.2. The number of carbonyl (C=O) groups excluding carboxylic acids is 5. The van der Waals surface area contributed by atoms with Crippen molar-refractivity contribution in [1.29, 1.82) is 0 Å². The number of imide groups is 1. The minimum absolute atomic E-state index is 0.00874. The lowest BCUT2D eigenvalue weighted by Crippen LogP contribution is -2.32. The Morgan fingerprint density at radius 2 is 1.09 bits per heavy atom. The zero-order valence-corrected chi connectivity index (χ0v) is 25.2. The van der Waals surface area contributed by atoms with Gasteiger partial charge in [0, 0.05) is 65.3 Å². The molecule has 0 bridgehead atoms. The molecule has 0 radical (unpaired) electrons. The first kappa shape index (κ1) is 36.1. The Bertz CT molecular complexity index is 1420. The zero-order valence-electron chi connectivity index (χ0n) is 25.2. The first-order valence-corrected chi connectivity index (χ1v) is 14.8. The van der Waals surface area contributed by atoms with Gasteiger partial charge in [-0.3, -0.25) is 28.9 Å². The number of rotatable bonds is 19. The van der Waals surface area contributed by atoms with Gasteiger partial charge in [-0.25, -0.2) is 0 Å². The smallest absolute Gasteiger partial charge is 0.253 e. The van der Waals surface area contributed by atoms with Gasteiger partial charge in [0.05, 0.1) is 13.1 Å². The van der Waals surface area contributed by atoms with Gasteiger partial charge < -0.3 is 5.73 Å². The number of carbonyl (C=O) groups is 5. The minimum atomic E-state index is -0.373. The Labute approximate surface area is 261 Å². The van der Waals surface area contributed by atoms with E-state index in [4.69, 9.17) is 16.8 Å². The summed E-state index contributed by atoms with van der Waals surface area (Å²) in [5.74, 6) is -0.562. The van der Waals surface area contributed by atoms with E-state index in [-0.39, 0.29) is 48.7 Å². The number of nitrogens with two attached hydrogens (primary N) is 1. The molecule has 236 valence electrons. The summed E-state index contributed by atoms with van der Waals surface area (Å²) in [5.41, 5.74) is 24.9. The predicted octanol–water partition coefficient (Wildman–Crippen LogP) is 6.32. The molecule has 0 unspecified atom stereocenters. The van der Waals surface area contributed by atoms with Gasteiger partial charge in [-0.05, 0) is 54.4 Å². The molecule has 45 heavy (non-hydrogen) atoms. The molecule has 0 saturated carbocycles. The van der Waals surface area contributed by atoms with Crippen LogP contribution in [0, 0.1) is 0 Å². The molecule has 1 aliphatic rings. The van der Waals surface area contributed by atoms with Gasteiger partial charge in [-0.15, -0.1) is 0 Å². The number of amides is 2. The second kappa shape index (κ2) is 20.8. The Kier molecular flexibility index (Phi) is 16.6. The fourth-order valence-electron chi connectivity index (χ4n) is 4.33. The second-order valence-corrected chi connectivity index (χ2v) is 10.3. The van der Waals surface area contributed by atoms with E-state index in [0.29, 0.717) is 56.3 Å². The normalized spacial score (nSPS) is 11.7. The molecule has 2 aromatic rings. The molecule has 13 nitrogen and oxygen atoms in total. The van der Waals surface area contributed by atoms with Crippen molar-refractivity contribution < 1.29 is 24.0 Å². The first-order chi connectivity index (χ1) is 21.8. The van der Waals surface area contributed by atoms with E-state index in [2.05, 4.69) is 20.1 Å². The van der Waals surface area contributed by atoms with Crippen LogP contribution < -0.4 is 5.73 Å². The van der Waals surface area contributed by atoms with E-state index < -0.39 is 0 Å². The Hall–Kier alpha value is -5.09. The number of azide groups is 2. The molecule has 2 N–H and O–H groups in total. The van der Waals surface area contributed by atoms with Crippen molar-refractivity contribution in [1.82, 2.24) is 4.90 Å². The summed E-state index contributed by atoms with van der Waals surface area (Å²) < 4.78 is 0. The number of hydrogen-bond acceptors (Lipinski definition) is 8. The average molecular weight is 615 g/mol. The Morgan fingerprint density at radius 3 is 1.53 bits per heavy atom. The highest BCUT2D eigenvalue weighted by molar-refractivity contribution is 6.13. The maximum absolute atomic E-state index is 12.2. The molecule has 1 aliphatic heterocycles. The van der Waals surface area contributed by atoms with E-state index in [1.807, 2.05) is 12.1 Å². The molecule has 1 heterocycles. The third kappa shape index (κ3) is 13.8. The molecule has 0 saturated heterocycles. The van der Waals surface area contributed by atoms with Crippen molar-refractivity contribution in [3.05, 3.63) is 104 Å². The van der Waals surface area contributed by atoms with Gasteiger partial charge in [0.2, 0.25) is 0 Å². The van der Waals surface area contributed by atoms with Gasteiger partial charge in [0.15, 0.2) is 11.6 Å². The number of unbranched alkanes of at least 4 members (excludes halogenated alkanes) is 3. The van der Waals surface area contributed by atoms with Crippen LogP contribution in [0.1, 0.15) is 89.6 Å². The van der Waals surface area contributed by atoms with Crippen LogP contribution >= 0.6 is 0 Å². The van der Waals surface area contributed by atoms with Crippen molar-refractivity contribution in [3.63, 3.8) is 0 Å². The summed E-state index contributed by atoms with van der Waals surface area (Å²) in [6.45, 7) is 1.32. The number of Topliss-reactive ketones (excluding diaryl/α,β-unsaturated/α-hetero) is 3. The molecule has 0 aromatic heterocycles. The van der Waals surface area contributed by atoms with Gasteiger partial charge in [0.1, 0.15) is 5.78 Å². The van der Waals surface area contributed by atoms with Crippen molar-refractivity contribution in [2.45, 2.75) is 70.9 Å². The van der Waals surface area contributed by atoms with Crippen LogP contribution in [-0.4, -0.2) is 47.2 Å². The van der Waals surface area contributed by atoms with Crippen LogP contribution in [0.4, 0.5) is 0 Å². The van der Waals surface area contributed by atoms with Crippen molar-refractivity contribution in [2.75, 3.05) is 13.1 Å². The van der Waals surface area contributed by atoms with Crippen molar-refractivity contribution in [3.8, 4) is 0 Å². The largest absolute Gasteiger partial charge is 0.330 e. The quantitative estimate of drug-likeness (QED) is 0.0476. The second-order valence-electron chi connectivity index (χ2n) is 10.3. The van der Waals surface area contributed by atoms with Crippen LogP contribution in [0.3, 0.4) is 0 Å². The van der Waals surface area contributed by atoms with Crippen molar-refractivity contribution >= 4 is 29.2 Å². The van der Waals surface area contributed by atoms with Gasteiger partial charge >= 0.3 is 0 Å². The maximum Gasteiger partial charge on any atom is 0.253 e. The molecular formula is C32H38N8O5. The van der Waals surface area contributed by atoms with Gasteiger partial charge in [-0.1, -0.05) is 65.2 Å². The van der Waals surface area contributed by atoms with E-state index in [0.717, 1.165) is 35.3 Å². The molecule has 0 spiro atoms. The lowest BCUT2D eigenvalue weighted by Gasteiger charge is -2.12. The molecule has 0 atom stereocenters. The molecule has 0 aliphatic carbocycles. The molecule has 2 aromatic carbocycles. The van der Waals surface area contributed by atoms with Gasteiger partial charge in [-0.2, -0.15) is 0 Å². The molecular weight excluding hydrogens is 576 g/mol. The van der Waals surface area contributed by atoms with E-state index >= 15 is 0 Å². The van der Waals surface area contributed by atoms with E-state index in [1.54, 1.807) is 36.4 Å². The maximum atomic E-state index is 12.2. The summed E-state index contributed by atoms with van der Waals surface area (Å²) in [6, 6.07) is 14.2. The fraction of sp³-hybridized carbons (Fsp3) is 0.406. The van der Waals surface area contributed by atoms with Crippen LogP contribution in [0.2, 0.25) is 0 Å². The highest BCUT2D eigenvalue weighted by Crippen LogP contribution is 2.13. The summed E-state index contributed by atoms with van der Waals surface area (Å²) in [6.07, 6.45) is 7.74. The summed E-state index contributed by atoms with van der Waals surface area (Å²) in [7, 11) is 0. The standard InChI is InChI=1S/C20H22N4O4.C12H16N4O/c21-23-22-14-15-6-8-16(9-7-15)18(26)5-3-1-2-4-17(25)12-13-24-19(27)10-11-20(24)28;13-8-2-1-3-12(17)11-6-4-10(5-7-11)9-15-16-14/h6-11H,1-5,12-14H2;4-7H,1-3,8-9,13H2. The molecule has 2 amide bonds. The van der Waals surface area contributed by atoms with Crippen molar-refractivity contribution in [2.24, 2.45) is 16.0 Å². The van der Waals surface area contributed by atoms with Crippen LogP contribution in [0.5, 0.6) is 0 Å². The fourth-order valence-corrected chi connectivity index (χ4v) is 4.33. The van der Waals surface area contributed by atoms with Crippen LogP contribution in [0.25, 0.3) is 20.9 Å². The number of ketones is 3. The number of hydrogen-bond donors (Lipinski definition) is 1. The third-order valence-electron chi connectivity index (χ3n) is 6.92. The minimum Gasteiger partial charge on any atom is -0.330 e. The summed E-state index contributed by atoms with van der Waals surface area (Å²) in [5, 5.41) is 6.93. The van der Waals surface area contributed by atoms with E-state index in [9.17, 15) is 24.0 Å². The van der Waals surface area contributed by atoms with Crippen LogP contribution in [-0.2, 0) is 27.5 Å². The Morgan fingerprint density at radius 1 is 0.644 bits per heavy atom.